The topological polar surface area (TPSA) is 68.5 Å². The number of anilines is 1. The number of aromatic nitrogens is 3. The third-order valence-corrected chi connectivity index (χ3v) is 4.60. The average molecular weight is 354 g/mol. The summed E-state index contributed by atoms with van der Waals surface area (Å²) in [4.78, 5) is 16.9. The molecule has 0 radical (unpaired) electrons. The number of benzene rings is 1. The van der Waals surface area contributed by atoms with Gasteiger partial charge in [0.2, 0.25) is 5.91 Å². The Kier molecular flexibility index (Phi) is 4.62. The molecule has 0 spiro atoms. The Labute approximate surface area is 150 Å². The normalized spacial score (nSPS) is 15.3. The van der Waals surface area contributed by atoms with Crippen LogP contribution in [0, 0.1) is 5.82 Å². The summed E-state index contributed by atoms with van der Waals surface area (Å²) in [7, 11) is 0. The van der Waals surface area contributed by atoms with Crippen molar-refractivity contribution in [2.24, 2.45) is 0 Å². The van der Waals surface area contributed by atoms with E-state index in [0.717, 1.165) is 29.6 Å². The van der Waals surface area contributed by atoms with Crippen molar-refractivity contribution in [1.82, 2.24) is 14.6 Å². The van der Waals surface area contributed by atoms with E-state index >= 15 is 0 Å². The maximum atomic E-state index is 13.0. The lowest BCUT2D eigenvalue weighted by Gasteiger charge is -2.22. The third-order valence-electron chi connectivity index (χ3n) is 4.60. The molecule has 3 heterocycles. The number of carbonyl (C=O) groups excluding carboxylic acids is 1. The lowest BCUT2D eigenvalue weighted by Crippen LogP contribution is -2.19. The van der Waals surface area contributed by atoms with Gasteiger partial charge in [0.15, 0.2) is 11.5 Å². The second-order valence-corrected chi connectivity index (χ2v) is 6.39. The first-order valence-electron chi connectivity index (χ1n) is 8.66. The highest BCUT2D eigenvalue weighted by atomic mass is 19.1. The van der Waals surface area contributed by atoms with Crippen LogP contribution < -0.4 is 5.32 Å². The highest BCUT2D eigenvalue weighted by molar-refractivity contribution is 5.93. The number of ether oxygens (including phenoxy) is 1. The van der Waals surface area contributed by atoms with Gasteiger partial charge in [-0.3, -0.25) is 4.79 Å². The zero-order valence-corrected chi connectivity index (χ0v) is 14.2. The lowest BCUT2D eigenvalue weighted by atomic mass is 9.93. The molecule has 1 aliphatic rings. The minimum Gasteiger partial charge on any atom is -0.381 e. The van der Waals surface area contributed by atoms with Crippen molar-refractivity contribution in [2.75, 3.05) is 18.5 Å². The first kappa shape index (κ1) is 16.7. The van der Waals surface area contributed by atoms with Crippen LogP contribution in [-0.4, -0.2) is 33.7 Å². The van der Waals surface area contributed by atoms with Gasteiger partial charge < -0.3 is 10.1 Å². The van der Waals surface area contributed by atoms with E-state index in [1.165, 1.54) is 12.1 Å². The number of carbonyl (C=O) groups is 1. The summed E-state index contributed by atoms with van der Waals surface area (Å²) in [5.74, 6) is 0.288. The molecule has 1 amide bonds. The predicted molar refractivity (Wildman–Crippen MR) is 94.5 cm³/mol. The van der Waals surface area contributed by atoms with Crippen LogP contribution in [0.1, 0.15) is 29.9 Å². The van der Waals surface area contributed by atoms with Gasteiger partial charge in [-0.2, -0.15) is 0 Å². The van der Waals surface area contributed by atoms with Gasteiger partial charge in [0.25, 0.3) is 0 Å². The van der Waals surface area contributed by atoms with Crippen LogP contribution in [-0.2, 0) is 16.0 Å². The first-order valence-corrected chi connectivity index (χ1v) is 8.66. The summed E-state index contributed by atoms with van der Waals surface area (Å²) >= 11 is 0. The molecule has 134 valence electrons. The molecule has 4 rings (SSSR count). The molecule has 6 nitrogen and oxygen atoms in total. The monoisotopic (exact) mass is 354 g/mol. The molecule has 2 aromatic heterocycles. The number of halogens is 1. The molecule has 1 aromatic carbocycles. The van der Waals surface area contributed by atoms with E-state index in [1.54, 1.807) is 28.9 Å². The Balaban J connectivity index is 1.60. The molecule has 1 saturated heterocycles. The molecule has 0 bridgehead atoms. The minimum absolute atomic E-state index is 0.162. The number of nitrogens with zero attached hydrogens (tertiary/aromatic N) is 3. The van der Waals surface area contributed by atoms with Gasteiger partial charge in [-0.1, -0.05) is 12.1 Å². The standard InChI is InChI=1S/C19H19FN4O2/c20-15-4-2-13(3-5-15)12-16(25)22-18-17(14-6-10-26-11-7-14)19-21-8-1-9-24(19)23-18/h1-5,8-9,14H,6-7,10-12H2,(H,22,23,25). The van der Waals surface area contributed by atoms with Crippen molar-refractivity contribution in [3.05, 3.63) is 59.7 Å². The molecule has 1 aliphatic heterocycles. The van der Waals surface area contributed by atoms with Crippen LogP contribution in [0.25, 0.3) is 5.65 Å². The summed E-state index contributed by atoms with van der Waals surface area (Å²) in [5.41, 5.74) is 2.47. The molecule has 1 N–H and O–H groups in total. The van der Waals surface area contributed by atoms with E-state index < -0.39 is 0 Å². The average Bonchev–Trinajstić information content (AvgIpc) is 3.02. The van der Waals surface area contributed by atoms with Crippen molar-refractivity contribution in [1.29, 1.82) is 0 Å². The van der Waals surface area contributed by atoms with Gasteiger partial charge in [-0.15, -0.1) is 5.10 Å². The van der Waals surface area contributed by atoms with Crippen LogP contribution in [0.4, 0.5) is 10.2 Å². The molecule has 7 heteroatoms. The smallest absolute Gasteiger partial charge is 0.230 e. The predicted octanol–water partition coefficient (Wildman–Crippen LogP) is 2.94. The Morgan fingerprint density at radius 3 is 2.81 bits per heavy atom. The summed E-state index contributed by atoms with van der Waals surface area (Å²) in [5, 5.41) is 7.42. The molecule has 26 heavy (non-hydrogen) atoms. The molecule has 0 aliphatic carbocycles. The molecule has 0 unspecified atom stereocenters. The van der Waals surface area contributed by atoms with Crippen molar-refractivity contribution >= 4 is 17.4 Å². The van der Waals surface area contributed by atoms with E-state index in [2.05, 4.69) is 15.4 Å². The fourth-order valence-corrected chi connectivity index (χ4v) is 3.32. The zero-order valence-electron chi connectivity index (χ0n) is 14.2. The highest BCUT2D eigenvalue weighted by Crippen LogP contribution is 2.34. The van der Waals surface area contributed by atoms with E-state index in [9.17, 15) is 9.18 Å². The van der Waals surface area contributed by atoms with Crippen molar-refractivity contribution in [3.8, 4) is 0 Å². The summed E-state index contributed by atoms with van der Waals surface area (Å²) < 4.78 is 20.2. The molecule has 3 aromatic rings. The van der Waals surface area contributed by atoms with Gasteiger partial charge in [-0.25, -0.2) is 13.9 Å². The van der Waals surface area contributed by atoms with Crippen LogP contribution in [0.3, 0.4) is 0 Å². The number of amides is 1. The SMILES string of the molecule is O=C(Cc1ccc(F)cc1)Nc1nn2cccnc2c1C1CCOCC1. The van der Waals surface area contributed by atoms with Gasteiger partial charge >= 0.3 is 0 Å². The third kappa shape index (κ3) is 3.43. The molecular formula is C19H19FN4O2. The molecule has 1 fully saturated rings. The van der Waals surface area contributed by atoms with Crippen LogP contribution in [0.2, 0.25) is 0 Å². The Hall–Kier alpha value is -2.80. The van der Waals surface area contributed by atoms with Crippen molar-refractivity contribution in [2.45, 2.75) is 25.2 Å². The fourth-order valence-electron chi connectivity index (χ4n) is 3.32. The maximum absolute atomic E-state index is 13.0. The van der Waals surface area contributed by atoms with Crippen LogP contribution in [0.5, 0.6) is 0 Å². The van der Waals surface area contributed by atoms with E-state index in [-0.39, 0.29) is 24.1 Å². The summed E-state index contributed by atoms with van der Waals surface area (Å²) in [6.07, 6.45) is 5.46. The maximum Gasteiger partial charge on any atom is 0.230 e. The van der Waals surface area contributed by atoms with Crippen LogP contribution in [0.15, 0.2) is 42.7 Å². The molecular weight excluding hydrogens is 335 g/mol. The van der Waals surface area contributed by atoms with Gasteiger partial charge in [0.1, 0.15) is 5.82 Å². The van der Waals surface area contributed by atoms with E-state index in [0.29, 0.717) is 19.0 Å². The molecule has 0 atom stereocenters. The number of nitrogens with one attached hydrogen (secondary N) is 1. The first-order chi connectivity index (χ1) is 12.7. The Bertz CT molecular complexity index is 917. The summed E-state index contributed by atoms with van der Waals surface area (Å²) in [6, 6.07) is 7.73. The quantitative estimate of drug-likeness (QED) is 0.782. The van der Waals surface area contributed by atoms with Crippen molar-refractivity contribution < 1.29 is 13.9 Å². The summed E-state index contributed by atoms with van der Waals surface area (Å²) in [6.45, 7) is 1.38. The second kappa shape index (κ2) is 7.21. The van der Waals surface area contributed by atoms with E-state index in [1.807, 2.05) is 6.20 Å². The molecule has 0 saturated carbocycles. The number of fused-ring (bicyclic) bond motifs is 1. The highest BCUT2D eigenvalue weighted by Gasteiger charge is 2.26. The van der Waals surface area contributed by atoms with Crippen LogP contribution >= 0.6 is 0 Å². The Morgan fingerprint density at radius 2 is 2.04 bits per heavy atom. The Morgan fingerprint density at radius 1 is 1.27 bits per heavy atom. The minimum atomic E-state index is -0.317. The van der Waals surface area contributed by atoms with Crippen molar-refractivity contribution in [3.63, 3.8) is 0 Å². The second-order valence-electron chi connectivity index (χ2n) is 6.39. The largest absolute Gasteiger partial charge is 0.381 e. The number of hydrogen-bond donors (Lipinski definition) is 1. The number of hydrogen-bond acceptors (Lipinski definition) is 4. The zero-order chi connectivity index (χ0) is 17.9. The van der Waals surface area contributed by atoms with E-state index in [4.69, 9.17) is 4.74 Å². The number of rotatable bonds is 4. The van der Waals surface area contributed by atoms with Gasteiger partial charge in [-0.05, 0) is 42.5 Å². The fraction of sp³-hybridized carbons (Fsp3) is 0.316. The lowest BCUT2D eigenvalue weighted by molar-refractivity contribution is -0.115. The van der Waals surface area contributed by atoms with Gasteiger partial charge in [0.05, 0.1) is 6.42 Å². The van der Waals surface area contributed by atoms with Gasteiger partial charge in [0, 0.05) is 31.2 Å².